The van der Waals surface area contributed by atoms with E-state index in [0.29, 0.717) is 18.7 Å². The van der Waals surface area contributed by atoms with E-state index in [1.54, 1.807) is 0 Å². The lowest BCUT2D eigenvalue weighted by molar-refractivity contribution is 0.481. The van der Waals surface area contributed by atoms with Crippen LogP contribution in [0.4, 0.5) is 14.5 Å². The largest absolute Gasteiger partial charge is 0.385 e. The molecule has 0 saturated heterocycles. The predicted molar refractivity (Wildman–Crippen MR) is 55.5 cm³/mol. The minimum absolute atomic E-state index is 0.0414. The Labute approximate surface area is 91.0 Å². The Balaban J connectivity index is 2.69. The van der Waals surface area contributed by atoms with Crippen LogP contribution in [0.15, 0.2) is 12.1 Å². The molecule has 0 amide bonds. The average molecular weight is 240 g/mol. The molecular formula is C9H9Cl2F2N. The maximum Gasteiger partial charge on any atom is 0.160 e. The fraction of sp³-hybridized carbons (Fsp3) is 0.333. The number of benzene rings is 1. The van der Waals surface area contributed by atoms with Crippen LogP contribution in [0.2, 0.25) is 10.0 Å². The molecule has 5 heteroatoms. The Kier molecular flexibility index (Phi) is 4.42. The van der Waals surface area contributed by atoms with Crippen LogP contribution in [-0.2, 0) is 0 Å². The summed E-state index contributed by atoms with van der Waals surface area (Å²) in [6.07, 6.45) is 0.395. The topological polar surface area (TPSA) is 12.0 Å². The van der Waals surface area contributed by atoms with Gasteiger partial charge in [0.15, 0.2) is 5.82 Å². The van der Waals surface area contributed by atoms with Crippen LogP contribution in [-0.4, -0.2) is 13.2 Å². The van der Waals surface area contributed by atoms with E-state index in [9.17, 15) is 8.78 Å². The Bertz CT molecular complexity index is 295. The molecule has 0 fully saturated rings. The fourth-order valence-electron chi connectivity index (χ4n) is 0.957. The van der Waals surface area contributed by atoms with Crippen molar-refractivity contribution < 1.29 is 8.78 Å². The molecule has 0 atom stereocenters. The van der Waals surface area contributed by atoms with Crippen LogP contribution in [0.25, 0.3) is 0 Å². The lowest BCUT2D eigenvalue weighted by Crippen LogP contribution is -2.02. The van der Waals surface area contributed by atoms with Crippen molar-refractivity contribution in [3.05, 3.63) is 28.0 Å². The summed E-state index contributed by atoms with van der Waals surface area (Å²) in [5.41, 5.74) is 0.592. The average Bonchev–Trinajstić information content (AvgIpc) is 2.14. The highest BCUT2D eigenvalue weighted by Gasteiger charge is 2.06. The monoisotopic (exact) mass is 239 g/mol. The standard InChI is InChI=1S/C9H9Cl2F2N/c10-7-4-6(14-3-1-2-12)5-8(11)9(7)13/h4-5,14H,1-3H2. The fourth-order valence-corrected chi connectivity index (χ4v) is 1.44. The first-order chi connectivity index (χ1) is 6.65. The lowest BCUT2D eigenvalue weighted by atomic mass is 10.3. The van der Waals surface area contributed by atoms with Gasteiger partial charge in [0.1, 0.15) is 0 Å². The van der Waals surface area contributed by atoms with E-state index in [1.807, 2.05) is 0 Å². The highest BCUT2D eigenvalue weighted by Crippen LogP contribution is 2.27. The SMILES string of the molecule is FCCCNc1cc(Cl)c(F)c(Cl)c1. The molecule has 78 valence electrons. The predicted octanol–water partition coefficient (Wildman–Crippen LogP) is 3.90. The van der Waals surface area contributed by atoms with Crippen molar-refractivity contribution in [2.75, 3.05) is 18.5 Å². The summed E-state index contributed by atoms with van der Waals surface area (Å²) in [4.78, 5) is 0. The third-order valence-electron chi connectivity index (χ3n) is 1.62. The van der Waals surface area contributed by atoms with Gasteiger partial charge in [-0.2, -0.15) is 0 Å². The number of rotatable bonds is 4. The van der Waals surface area contributed by atoms with Crippen LogP contribution in [0.3, 0.4) is 0 Å². The molecule has 0 bridgehead atoms. The van der Waals surface area contributed by atoms with Crippen LogP contribution in [0, 0.1) is 5.82 Å². The maximum atomic E-state index is 12.9. The molecule has 0 unspecified atom stereocenters. The lowest BCUT2D eigenvalue weighted by Gasteiger charge is -2.06. The number of anilines is 1. The molecule has 0 aliphatic carbocycles. The minimum Gasteiger partial charge on any atom is -0.385 e. The van der Waals surface area contributed by atoms with Crippen molar-refractivity contribution in [2.45, 2.75) is 6.42 Å². The van der Waals surface area contributed by atoms with Gasteiger partial charge in [-0.05, 0) is 18.6 Å². The van der Waals surface area contributed by atoms with Crippen LogP contribution in [0.5, 0.6) is 0 Å². The van der Waals surface area contributed by atoms with E-state index in [1.165, 1.54) is 12.1 Å². The second-order valence-electron chi connectivity index (χ2n) is 2.72. The molecule has 0 radical (unpaired) electrons. The van der Waals surface area contributed by atoms with Gasteiger partial charge in [0.2, 0.25) is 0 Å². The van der Waals surface area contributed by atoms with Gasteiger partial charge in [0.25, 0.3) is 0 Å². The van der Waals surface area contributed by atoms with Gasteiger partial charge >= 0.3 is 0 Å². The number of hydrogen-bond acceptors (Lipinski definition) is 1. The Morgan fingerprint density at radius 3 is 2.29 bits per heavy atom. The van der Waals surface area contributed by atoms with Gasteiger partial charge in [-0.1, -0.05) is 23.2 Å². The Morgan fingerprint density at radius 2 is 1.79 bits per heavy atom. The molecule has 0 aliphatic rings. The summed E-state index contributed by atoms with van der Waals surface area (Å²) in [7, 11) is 0. The van der Waals surface area contributed by atoms with Gasteiger partial charge in [0.05, 0.1) is 16.7 Å². The summed E-state index contributed by atoms with van der Waals surface area (Å²) in [5.74, 6) is -0.635. The molecule has 14 heavy (non-hydrogen) atoms. The van der Waals surface area contributed by atoms with Gasteiger partial charge in [-0.3, -0.25) is 4.39 Å². The highest BCUT2D eigenvalue weighted by atomic mass is 35.5. The van der Waals surface area contributed by atoms with Gasteiger partial charge in [0, 0.05) is 12.2 Å². The minimum atomic E-state index is -0.635. The first kappa shape index (κ1) is 11.5. The molecule has 1 aromatic carbocycles. The Morgan fingerprint density at radius 1 is 1.21 bits per heavy atom. The quantitative estimate of drug-likeness (QED) is 0.621. The van der Waals surface area contributed by atoms with Crippen molar-refractivity contribution in [1.82, 2.24) is 0 Å². The van der Waals surface area contributed by atoms with Gasteiger partial charge in [-0.15, -0.1) is 0 Å². The third-order valence-corrected chi connectivity index (χ3v) is 2.17. The zero-order chi connectivity index (χ0) is 10.6. The Hall–Kier alpha value is -0.540. The number of alkyl halides is 1. The second-order valence-corrected chi connectivity index (χ2v) is 3.54. The van der Waals surface area contributed by atoms with Crippen molar-refractivity contribution >= 4 is 28.9 Å². The van der Waals surface area contributed by atoms with Gasteiger partial charge in [-0.25, -0.2) is 4.39 Å². The molecule has 0 heterocycles. The van der Waals surface area contributed by atoms with Crippen molar-refractivity contribution in [2.24, 2.45) is 0 Å². The molecule has 1 aromatic rings. The summed E-state index contributed by atoms with van der Waals surface area (Å²) >= 11 is 11.1. The zero-order valence-electron chi connectivity index (χ0n) is 7.29. The summed E-state index contributed by atoms with van der Waals surface area (Å²) in [6, 6.07) is 2.84. The molecular weight excluding hydrogens is 231 g/mol. The van der Waals surface area contributed by atoms with Crippen molar-refractivity contribution in [3.63, 3.8) is 0 Å². The summed E-state index contributed by atoms with van der Waals surface area (Å²) in [5, 5.41) is 2.80. The number of nitrogens with one attached hydrogen (secondary N) is 1. The number of halogens is 4. The first-order valence-corrected chi connectivity index (χ1v) is 4.85. The number of hydrogen-bond donors (Lipinski definition) is 1. The summed E-state index contributed by atoms with van der Waals surface area (Å²) in [6.45, 7) is 0.0739. The molecule has 0 aromatic heterocycles. The van der Waals surface area contributed by atoms with E-state index in [4.69, 9.17) is 23.2 Å². The molecule has 1 N–H and O–H groups in total. The van der Waals surface area contributed by atoms with E-state index >= 15 is 0 Å². The normalized spacial score (nSPS) is 10.3. The van der Waals surface area contributed by atoms with E-state index in [0.717, 1.165) is 0 Å². The van der Waals surface area contributed by atoms with E-state index < -0.39 is 12.5 Å². The summed E-state index contributed by atoms with van der Waals surface area (Å²) < 4.78 is 24.7. The molecule has 0 saturated carbocycles. The smallest absolute Gasteiger partial charge is 0.160 e. The first-order valence-electron chi connectivity index (χ1n) is 4.09. The van der Waals surface area contributed by atoms with Gasteiger partial charge < -0.3 is 5.32 Å². The van der Waals surface area contributed by atoms with E-state index in [2.05, 4.69) is 5.32 Å². The second kappa shape index (κ2) is 5.37. The highest BCUT2D eigenvalue weighted by molar-refractivity contribution is 6.35. The molecule has 1 nitrogen and oxygen atoms in total. The van der Waals surface area contributed by atoms with Crippen LogP contribution >= 0.6 is 23.2 Å². The zero-order valence-corrected chi connectivity index (χ0v) is 8.80. The van der Waals surface area contributed by atoms with Crippen molar-refractivity contribution in [3.8, 4) is 0 Å². The molecule has 1 rings (SSSR count). The van der Waals surface area contributed by atoms with Crippen LogP contribution in [0.1, 0.15) is 6.42 Å². The van der Waals surface area contributed by atoms with Crippen LogP contribution < -0.4 is 5.32 Å². The maximum absolute atomic E-state index is 12.9. The van der Waals surface area contributed by atoms with E-state index in [-0.39, 0.29) is 10.0 Å². The molecule has 0 aliphatic heterocycles. The third kappa shape index (κ3) is 3.00. The molecule has 0 spiro atoms. The van der Waals surface area contributed by atoms with Crippen molar-refractivity contribution in [1.29, 1.82) is 0 Å².